The van der Waals surface area contributed by atoms with Gasteiger partial charge in [0.1, 0.15) is 6.10 Å². The lowest BCUT2D eigenvalue weighted by Gasteiger charge is -2.09. The van der Waals surface area contributed by atoms with Crippen LogP contribution in [0.15, 0.2) is 0 Å². The average Bonchev–Trinajstić information content (AvgIpc) is 2.76. The molecule has 1 unspecified atom stereocenters. The molecule has 15 heavy (non-hydrogen) atoms. The summed E-state index contributed by atoms with van der Waals surface area (Å²) in [6.07, 6.45) is 6.62. The number of hydrogen-bond donors (Lipinski definition) is 1. The van der Waals surface area contributed by atoms with Crippen LogP contribution in [0.25, 0.3) is 0 Å². The van der Waals surface area contributed by atoms with Crippen LogP contribution < -0.4 is 5.32 Å². The van der Waals surface area contributed by atoms with Crippen molar-refractivity contribution in [1.82, 2.24) is 5.32 Å². The summed E-state index contributed by atoms with van der Waals surface area (Å²) < 4.78 is 6.53. The summed E-state index contributed by atoms with van der Waals surface area (Å²) in [6.45, 7) is 1.55. The Labute approximate surface area is 105 Å². The molecule has 0 aliphatic carbocycles. The minimum Gasteiger partial charge on any atom is -0.368 e. The Morgan fingerprint density at radius 3 is 2.80 bits per heavy atom. The van der Waals surface area contributed by atoms with Crippen LogP contribution in [0.4, 0.5) is 0 Å². The van der Waals surface area contributed by atoms with Crippen LogP contribution in [-0.2, 0) is 9.53 Å². The fourth-order valence-corrected chi connectivity index (χ4v) is 2.22. The molecule has 0 radical (unpaired) electrons. The summed E-state index contributed by atoms with van der Waals surface area (Å²) in [5, 5.41) is 2.94. The van der Waals surface area contributed by atoms with E-state index in [-0.39, 0.29) is 12.0 Å². The first-order valence-corrected chi connectivity index (χ1v) is 7.32. The predicted octanol–water partition coefficient (Wildman–Crippen LogP) is 2.28. The first-order chi connectivity index (χ1) is 7.34. The largest absolute Gasteiger partial charge is 0.368 e. The Kier molecular flexibility index (Phi) is 7.34. The second-order valence-electron chi connectivity index (χ2n) is 3.90. The maximum atomic E-state index is 11.5. The van der Waals surface area contributed by atoms with E-state index in [9.17, 15) is 4.79 Å². The molecule has 88 valence electrons. The van der Waals surface area contributed by atoms with E-state index in [0.717, 1.165) is 32.4 Å². The maximum absolute atomic E-state index is 11.5. The summed E-state index contributed by atoms with van der Waals surface area (Å²) in [4.78, 5) is 11.5. The quantitative estimate of drug-likeness (QED) is 0.443. The highest BCUT2D eigenvalue weighted by molar-refractivity contribution is 14.1. The zero-order chi connectivity index (χ0) is 10.9. The number of rotatable bonds is 7. The number of carbonyl (C=O) groups excluding carboxylic acids is 1. The van der Waals surface area contributed by atoms with Gasteiger partial charge in [-0.25, -0.2) is 0 Å². The van der Waals surface area contributed by atoms with Gasteiger partial charge in [-0.1, -0.05) is 35.4 Å². The molecule has 0 aromatic heterocycles. The molecule has 1 aliphatic heterocycles. The Morgan fingerprint density at radius 1 is 1.33 bits per heavy atom. The summed E-state index contributed by atoms with van der Waals surface area (Å²) in [5.74, 6) is 0.0846. The number of alkyl halides is 1. The van der Waals surface area contributed by atoms with E-state index in [1.54, 1.807) is 0 Å². The van der Waals surface area contributed by atoms with Crippen molar-refractivity contribution in [3.63, 3.8) is 0 Å². The molecular formula is C11H20INO2. The van der Waals surface area contributed by atoms with Crippen LogP contribution in [0.1, 0.15) is 38.5 Å². The third-order valence-electron chi connectivity index (χ3n) is 2.58. The zero-order valence-corrected chi connectivity index (χ0v) is 11.3. The highest BCUT2D eigenvalue weighted by Crippen LogP contribution is 2.11. The predicted molar refractivity (Wildman–Crippen MR) is 69.3 cm³/mol. The van der Waals surface area contributed by atoms with Gasteiger partial charge in [0.25, 0.3) is 0 Å². The molecular weight excluding hydrogens is 305 g/mol. The van der Waals surface area contributed by atoms with Crippen LogP contribution in [0.3, 0.4) is 0 Å². The van der Waals surface area contributed by atoms with Gasteiger partial charge in [-0.2, -0.15) is 0 Å². The van der Waals surface area contributed by atoms with Gasteiger partial charge >= 0.3 is 0 Å². The lowest BCUT2D eigenvalue weighted by Crippen LogP contribution is -2.34. The highest BCUT2D eigenvalue weighted by atomic mass is 127. The molecule has 0 aromatic carbocycles. The highest BCUT2D eigenvalue weighted by Gasteiger charge is 2.22. The van der Waals surface area contributed by atoms with Crippen LogP contribution in [0, 0.1) is 0 Å². The fourth-order valence-electron chi connectivity index (χ4n) is 1.68. The van der Waals surface area contributed by atoms with Gasteiger partial charge in [0, 0.05) is 13.2 Å². The zero-order valence-electron chi connectivity index (χ0n) is 9.14. The van der Waals surface area contributed by atoms with E-state index < -0.39 is 0 Å². The van der Waals surface area contributed by atoms with Crippen molar-refractivity contribution in [2.75, 3.05) is 17.6 Å². The van der Waals surface area contributed by atoms with Gasteiger partial charge in [-0.15, -0.1) is 0 Å². The van der Waals surface area contributed by atoms with Crippen molar-refractivity contribution < 1.29 is 9.53 Å². The van der Waals surface area contributed by atoms with Gasteiger partial charge in [0.05, 0.1) is 0 Å². The smallest absolute Gasteiger partial charge is 0.249 e. The standard InChI is InChI=1S/C11H20INO2/c12-7-3-1-2-4-8-13-11(14)10-6-5-9-15-10/h10H,1-9H2,(H,13,14). The lowest BCUT2D eigenvalue weighted by molar-refractivity contribution is -0.130. The molecule has 1 N–H and O–H groups in total. The number of ether oxygens (including phenoxy) is 1. The lowest BCUT2D eigenvalue weighted by atomic mass is 10.2. The van der Waals surface area contributed by atoms with Gasteiger partial charge < -0.3 is 10.1 Å². The van der Waals surface area contributed by atoms with Crippen LogP contribution in [0.5, 0.6) is 0 Å². The molecule has 4 heteroatoms. The maximum Gasteiger partial charge on any atom is 0.249 e. The van der Waals surface area contributed by atoms with Crippen molar-refractivity contribution >= 4 is 28.5 Å². The number of nitrogens with one attached hydrogen (secondary N) is 1. The fraction of sp³-hybridized carbons (Fsp3) is 0.909. The molecule has 0 spiro atoms. The number of unbranched alkanes of at least 4 members (excludes halogenated alkanes) is 3. The molecule has 1 saturated heterocycles. The first kappa shape index (κ1) is 13.2. The molecule has 0 bridgehead atoms. The van der Waals surface area contributed by atoms with Gasteiger partial charge in [-0.05, 0) is 30.1 Å². The normalized spacial score (nSPS) is 20.5. The van der Waals surface area contributed by atoms with E-state index in [1.165, 1.54) is 23.7 Å². The first-order valence-electron chi connectivity index (χ1n) is 5.80. The van der Waals surface area contributed by atoms with Crippen molar-refractivity contribution in [2.24, 2.45) is 0 Å². The second kappa shape index (κ2) is 8.33. The molecule has 1 rings (SSSR count). The van der Waals surface area contributed by atoms with Crippen LogP contribution in [-0.4, -0.2) is 29.6 Å². The number of hydrogen-bond acceptors (Lipinski definition) is 2. The van der Waals surface area contributed by atoms with E-state index in [1.807, 2.05) is 0 Å². The molecule has 0 aromatic rings. The number of carbonyl (C=O) groups is 1. The summed E-state index contributed by atoms with van der Waals surface area (Å²) >= 11 is 2.40. The Balaban J connectivity index is 1.92. The Hall–Kier alpha value is 0.160. The minimum absolute atomic E-state index is 0.0846. The summed E-state index contributed by atoms with van der Waals surface area (Å²) in [6, 6.07) is 0. The summed E-state index contributed by atoms with van der Waals surface area (Å²) in [5.41, 5.74) is 0. The van der Waals surface area contributed by atoms with E-state index in [2.05, 4.69) is 27.9 Å². The molecule has 3 nitrogen and oxygen atoms in total. The number of halogens is 1. The van der Waals surface area contributed by atoms with Gasteiger partial charge in [-0.3, -0.25) is 4.79 Å². The van der Waals surface area contributed by atoms with E-state index in [4.69, 9.17) is 4.74 Å². The summed E-state index contributed by atoms with van der Waals surface area (Å²) in [7, 11) is 0. The van der Waals surface area contributed by atoms with Crippen molar-refractivity contribution in [2.45, 2.75) is 44.6 Å². The average molecular weight is 325 g/mol. The minimum atomic E-state index is -0.167. The molecule has 1 amide bonds. The van der Waals surface area contributed by atoms with Crippen molar-refractivity contribution in [1.29, 1.82) is 0 Å². The molecule has 1 fully saturated rings. The van der Waals surface area contributed by atoms with Crippen LogP contribution >= 0.6 is 22.6 Å². The van der Waals surface area contributed by atoms with Gasteiger partial charge in [0.15, 0.2) is 0 Å². The molecule has 1 heterocycles. The van der Waals surface area contributed by atoms with E-state index in [0.29, 0.717) is 0 Å². The van der Waals surface area contributed by atoms with E-state index >= 15 is 0 Å². The Morgan fingerprint density at radius 2 is 2.13 bits per heavy atom. The third-order valence-corrected chi connectivity index (χ3v) is 3.34. The molecule has 1 aliphatic rings. The van der Waals surface area contributed by atoms with Crippen molar-refractivity contribution in [3.05, 3.63) is 0 Å². The third kappa shape index (κ3) is 5.70. The monoisotopic (exact) mass is 325 g/mol. The van der Waals surface area contributed by atoms with Gasteiger partial charge in [0.2, 0.25) is 5.91 Å². The molecule has 1 atom stereocenters. The SMILES string of the molecule is O=C(NCCCCCCI)C1CCCO1. The second-order valence-corrected chi connectivity index (χ2v) is 4.97. The van der Waals surface area contributed by atoms with Crippen LogP contribution in [0.2, 0.25) is 0 Å². The topological polar surface area (TPSA) is 38.3 Å². The van der Waals surface area contributed by atoms with Crippen molar-refractivity contribution in [3.8, 4) is 0 Å². The molecule has 0 saturated carbocycles. The number of amides is 1. The Bertz CT molecular complexity index is 181.